The fourth-order valence-electron chi connectivity index (χ4n) is 1.90. The van der Waals surface area contributed by atoms with Crippen LogP contribution in [-0.2, 0) is 6.42 Å². The van der Waals surface area contributed by atoms with E-state index in [0.717, 1.165) is 5.69 Å². The van der Waals surface area contributed by atoms with Crippen LogP contribution >= 0.6 is 0 Å². The smallest absolute Gasteiger partial charge is 0.356 e. The Morgan fingerprint density at radius 1 is 1.62 bits per heavy atom. The third-order valence-corrected chi connectivity index (χ3v) is 2.61. The van der Waals surface area contributed by atoms with E-state index < -0.39 is 5.97 Å². The molecule has 1 aliphatic heterocycles. The molecule has 16 heavy (non-hydrogen) atoms. The lowest BCUT2D eigenvalue weighted by atomic mass is 10.2. The number of hydrogen-bond acceptors (Lipinski definition) is 4. The lowest BCUT2D eigenvalue weighted by Gasteiger charge is -2.01. The van der Waals surface area contributed by atoms with E-state index in [4.69, 9.17) is 9.52 Å². The largest absolute Gasteiger partial charge is 0.476 e. The Morgan fingerprint density at radius 3 is 3.31 bits per heavy atom. The van der Waals surface area contributed by atoms with Gasteiger partial charge in [0.05, 0.1) is 17.6 Å². The van der Waals surface area contributed by atoms with Crippen LogP contribution in [0.5, 0.6) is 0 Å². The maximum atomic E-state index is 11.0. The summed E-state index contributed by atoms with van der Waals surface area (Å²) in [7, 11) is 0. The van der Waals surface area contributed by atoms with E-state index >= 15 is 0 Å². The number of imidazole rings is 1. The summed E-state index contributed by atoms with van der Waals surface area (Å²) in [6.07, 6.45) is 3.65. The van der Waals surface area contributed by atoms with Gasteiger partial charge in [-0.05, 0) is 0 Å². The first-order valence-corrected chi connectivity index (χ1v) is 4.88. The Balaban J connectivity index is 2.23. The minimum Gasteiger partial charge on any atom is -0.476 e. The molecule has 2 aromatic rings. The first kappa shape index (κ1) is 9.02. The van der Waals surface area contributed by atoms with Crippen molar-refractivity contribution in [2.24, 2.45) is 0 Å². The number of nitrogens with zero attached hydrogens (tertiary/aromatic N) is 2. The van der Waals surface area contributed by atoms with E-state index in [-0.39, 0.29) is 5.69 Å². The van der Waals surface area contributed by atoms with Gasteiger partial charge >= 0.3 is 5.97 Å². The Hall–Kier alpha value is -2.24. The van der Waals surface area contributed by atoms with Gasteiger partial charge in [0.1, 0.15) is 6.33 Å². The molecule has 1 aliphatic rings. The molecule has 0 unspecified atom stereocenters. The molecular formula is C10H9N3O3. The fourth-order valence-corrected chi connectivity index (χ4v) is 1.90. The number of carbonyl (C=O) groups is 1. The van der Waals surface area contributed by atoms with Crippen LogP contribution in [0.4, 0.5) is 5.69 Å². The van der Waals surface area contributed by atoms with Gasteiger partial charge in [-0.3, -0.25) is 4.57 Å². The number of carboxylic acids is 1. The molecule has 0 saturated heterocycles. The van der Waals surface area contributed by atoms with Crippen LogP contribution in [0.15, 0.2) is 23.1 Å². The third-order valence-electron chi connectivity index (χ3n) is 2.61. The summed E-state index contributed by atoms with van der Waals surface area (Å²) in [4.78, 5) is 14.9. The van der Waals surface area contributed by atoms with E-state index in [0.29, 0.717) is 24.5 Å². The molecule has 2 aromatic heterocycles. The van der Waals surface area contributed by atoms with Crippen molar-refractivity contribution in [3.63, 3.8) is 0 Å². The summed E-state index contributed by atoms with van der Waals surface area (Å²) in [6, 6.07) is 1.81. The molecule has 0 amide bonds. The van der Waals surface area contributed by atoms with Crippen molar-refractivity contribution in [1.29, 1.82) is 0 Å². The topological polar surface area (TPSA) is 80.3 Å². The highest BCUT2D eigenvalue weighted by molar-refractivity contribution is 5.87. The fraction of sp³-hybridized carbons (Fsp3) is 0.200. The van der Waals surface area contributed by atoms with Gasteiger partial charge in [0.25, 0.3) is 0 Å². The maximum Gasteiger partial charge on any atom is 0.356 e. The third kappa shape index (κ3) is 1.13. The second kappa shape index (κ2) is 3.13. The highest BCUT2D eigenvalue weighted by Crippen LogP contribution is 2.27. The lowest BCUT2D eigenvalue weighted by molar-refractivity contribution is 0.0690. The number of hydrogen-bond donors (Lipinski definition) is 2. The molecule has 82 valence electrons. The van der Waals surface area contributed by atoms with Crippen molar-refractivity contribution in [1.82, 2.24) is 9.55 Å². The number of aromatic carboxylic acids is 1. The monoisotopic (exact) mass is 219 g/mol. The zero-order chi connectivity index (χ0) is 11.1. The maximum absolute atomic E-state index is 11.0. The van der Waals surface area contributed by atoms with Gasteiger partial charge in [0, 0.05) is 19.0 Å². The number of fused-ring (bicyclic) bond motifs is 3. The van der Waals surface area contributed by atoms with Gasteiger partial charge in [0.15, 0.2) is 5.69 Å². The average molecular weight is 219 g/mol. The molecular weight excluding hydrogens is 210 g/mol. The summed E-state index contributed by atoms with van der Waals surface area (Å²) in [5.74, 6) is -0.420. The predicted octanol–water partition coefficient (Wildman–Crippen LogP) is 1.13. The van der Waals surface area contributed by atoms with Gasteiger partial charge in [-0.1, -0.05) is 0 Å². The number of aromatic nitrogens is 2. The minimum atomic E-state index is -1.01. The van der Waals surface area contributed by atoms with E-state index in [1.54, 1.807) is 10.8 Å². The Morgan fingerprint density at radius 2 is 2.50 bits per heavy atom. The average Bonchev–Trinajstić information content (AvgIpc) is 2.82. The summed E-state index contributed by atoms with van der Waals surface area (Å²) in [5, 5.41) is 12.2. The Bertz CT molecular complexity index is 555. The van der Waals surface area contributed by atoms with Gasteiger partial charge < -0.3 is 14.8 Å². The lowest BCUT2D eigenvalue weighted by Crippen LogP contribution is -2.08. The van der Waals surface area contributed by atoms with Gasteiger partial charge in [0.2, 0.25) is 5.88 Å². The summed E-state index contributed by atoms with van der Waals surface area (Å²) in [5.41, 5.74) is 1.60. The van der Waals surface area contributed by atoms with E-state index in [2.05, 4.69) is 10.3 Å². The van der Waals surface area contributed by atoms with Gasteiger partial charge in [-0.2, -0.15) is 0 Å². The van der Waals surface area contributed by atoms with Crippen molar-refractivity contribution >= 4 is 11.7 Å². The summed E-state index contributed by atoms with van der Waals surface area (Å²) in [6.45, 7) is 0.665. The summed E-state index contributed by atoms with van der Waals surface area (Å²) >= 11 is 0. The van der Waals surface area contributed by atoms with Gasteiger partial charge in [-0.15, -0.1) is 0 Å². The first-order valence-electron chi connectivity index (χ1n) is 4.88. The number of rotatable bonds is 1. The number of nitrogens with one attached hydrogen (secondary N) is 1. The number of anilines is 1. The molecule has 0 aromatic carbocycles. The number of furan rings is 1. The van der Waals surface area contributed by atoms with Crippen LogP contribution in [0.25, 0.3) is 5.88 Å². The Labute approximate surface area is 90.5 Å². The normalized spacial score (nSPS) is 13.5. The highest BCUT2D eigenvalue weighted by Gasteiger charge is 2.23. The van der Waals surface area contributed by atoms with Crippen LogP contribution in [0, 0.1) is 0 Å². The van der Waals surface area contributed by atoms with E-state index in [9.17, 15) is 4.79 Å². The zero-order valence-corrected chi connectivity index (χ0v) is 8.30. The first-order chi connectivity index (χ1) is 7.77. The molecule has 0 aliphatic carbocycles. The minimum absolute atomic E-state index is 0.0889. The molecule has 0 fully saturated rings. The molecule has 0 radical (unpaired) electrons. The van der Waals surface area contributed by atoms with Crippen LogP contribution in [-0.4, -0.2) is 27.2 Å². The molecule has 3 heterocycles. The van der Waals surface area contributed by atoms with Crippen molar-refractivity contribution in [2.75, 3.05) is 11.9 Å². The van der Waals surface area contributed by atoms with Crippen LogP contribution in [0.3, 0.4) is 0 Å². The Kier molecular flexibility index (Phi) is 1.76. The SMILES string of the molecule is O=C(O)c1ncn2c1CCNc1ccoc1-2. The van der Waals surface area contributed by atoms with Crippen molar-refractivity contribution in [2.45, 2.75) is 6.42 Å². The standard InChI is InChI=1S/C10H9N3O3/c14-10(15)8-7-1-3-11-6-2-4-16-9(6)13(7)5-12-8/h2,4-5,11H,1,3H2,(H,14,15). The zero-order valence-electron chi connectivity index (χ0n) is 8.30. The highest BCUT2D eigenvalue weighted by atomic mass is 16.4. The van der Waals surface area contributed by atoms with Crippen LogP contribution < -0.4 is 5.32 Å². The van der Waals surface area contributed by atoms with Crippen molar-refractivity contribution < 1.29 is 14.3 Å². The molecule has 3 rings (SSSR count). The second-order valence-electron chi connectivity index (χ2n) is 3.53. The molecule has 0 spiro atoms. The van der Waals surface area contributed by atoms with E-state index in [1.807, 2.05) is 6.07 Å². The van der Waals surface area contributed by atoms with Crippen molar-refractivity contribution in [3.8, 4) is 5.88 Å². The molecule has 6 nitrogen and oxygen atoms in total. The summed E-state index contributed by atoms with van der Waals surface area (Å²) < 4.78 is 7.00. The number of carboxylic acid groups (broad SMARTS) is 1. The quantitative estimate of drug-likeness (QED) is 0.751. The molecule has 6 heteroatoms. The van der Waals surface area contributed by atoms with E-state index in [1.165, 1.54) is 6.33 Å². The molecule has 0 saturated carbocycles. The van der Waals surface area contributed by atoms with Crippen LogP contribution in [0.2, 0.25) is 0 Å². The van der Waals surface area contributed by atoms with Crippen LogP contribution in [0.1, 0.15) is 16.2 Å². The second-order valence-corrected chi connectivity index (χ2v) is 3.53. The predicted molar refractivity (Wildman–Crippen MR) is 55.0 cm³/mol. The molecule has 0 atom stereocenters. The molecule has 2 N–H and O–H groups in total. The molecule has 0 bridgehead atoms. The van der Waals surface area contributed by atoms with Crippen molar-refractivity contribution in [3.05, 3.63) is 30.0 Å². The van der Waals surface area contributed by atoms with Gasteiger partial charge in [-0.25, -0.2) is 9.78 Å².